The summed E-state index contributed by atoms with van der Waals surface area (Å²) in [7, 11) is 1.87. The molecule has 3 rings (SSSR count). The number of hydrogen-bond donors (Lipinski definition) is 2. The van der Waals surface area contributed by atoms with E-state index in [0.717, 1.165) is 30.4 Å². The Labute approximate surface area is 117 Å². The predicted octanol–water partition coefficient (Wildman–Crippen LogP) is 1.43. The van der Waals surface area contributed by atoms with Gasteiger partial charge in [-0.15, -0.1) is 0 Å². The second-order valence-corrected chi connectivity index (χ2v) is 6.63. The summed E-state index contributed by atoms with van der Waals surface area (Å²) >= 11 is 0. The lowest BCUT2D eigenvalue weighted by atomic mass is 10.3. The van der Waals surface area contributed by atoms with Crippen LogP contribution in [0.3, 0.4) is 0 Å². The van der Waals surface area contributed by atoms with Crippen LogP contribution in [0.2, 0.25) is 0 Å². The van der Waals surface area contributed by atoms with Crippen LogP contribution in [-0.2, 0) is 0 Å². The third-order valence-electron chi connectivity index (χ3n) is 4.60. The van der Waals surface area contributed by atoms with Crippen LogP contribution in [0.1, 0.15) is 39.0 Å². The maximum absolute atomic E-state index is 4.31. The normalized spacial score (nSPS) is 30.6. The molecule has 0 aromatic rings. The molecule has 3 saturated carbocycles. The van der Waals surface area contributed by atoms with Crippen LogP contribution < -0.4 is 10.6 Å². The van der Waals surface area contributed by atoms with E-state index in [4.69, 9.17) is 0 Å². The molecule has 0 saturated heterocycles. The molecule has 4 nitrogen and oxygen atoms in total. The van der Waals surface area contributed by atoms with Crippen molar-refractivity contribution >= 4 is 5.96 Å². The van der Waals surface area contributed by atoms with E-state index in [0.29, 0.717) is 6.04 Å². The van der Waals surface area contributed by atoms with Crippen molar-refractivity contribution in [1.82, 2.24) is 15.5 Å². The molecule has 0 radical (unpaired) electrons. The average Bonchev–Trinajstić information content (AvgIpc) is 3.20. The first-order valence-electron chi connectivity index (χ1n) is 7.97. The lowest BCUT2D eigenvalue weighted by molar-refractivity contribution is 0.256. The van der Waals surface area contributed by atoms with Gasteiger partial charge in [-0.05, 0) is 43.9 Å². The SMILES string of the molecule is CN=C(NCCN(CC1CC1)C1CC1)NC1CC1C. The van der Waals surface area contributed by atoms with Crippen molar-refractivity contribution in [3.63, 3.8) is 0 Å². The Morgan fingerprint density at radius 2 is 2.00 bits per heavy atom. The molecule has 2 unspecified atom stereocenters. The summed E-state index contributed by atoms with van der Waals surface area (Å²) in [4.78, 5) is 7.00. The topological polar surface area (TPSA) is 39.7 Å². The Morgan fingerprint density at radius 3 is 2.53 bits per heavy atom. The molecule has 0 aromatic heterocycles. The molecule has 2 atom stereocenters. The van der Waals surface area contributed by atoms with Gasteiger partial charge in [0, 0.05) is 38.8 Å². The van der Waals surface area contributed by atoms with Crippen molar-refractivity contribution < 1.29 is 0 Å². The Bertz CT molecular complexity index is 333. The molecular weight excluding hydrogens is 236 g/mol. The van der Waals surface area contributed by atoms with Gasteiger partial charge < -0.3 is 10.6 Å². The number of rotatable bonds is 7. The number of aliphatic imine (C=N–C) groups is 1. The average molecular weight is 264 g/mol. The van der Waals surface area contributed by atoms with Gasteiger partial charge in [0.2, 0.25) is 0 Å². The van der Waals surface area contributed by atoms with Crippen LogP contribution in [0.15, 0.2) is 4.99 Å². The highest BCUT2D eigenvalue weighted by Gasteiger charge is 2.34. The van der Waals surface area contributed by atoms with Crippen LogP contribution >= 0.6 is 0 Å². The minimum Gasteiger partial charge on any atom is -0.355 e. The first-order valence-corrected chi connectivity index (χ1v) is 7.97. The van der Waals surface area contributed by atoms with E-state index >= 15 is 0 Å². The van der Waals surface area contributed by atoms with Crippen molar-refractivity contribution in [1.29, 1.82) is 0 Å². The van der Waals surface area contributed by atoms with E-state index in [1.165, 1.54) is 45.2 Å². The second-order valence-electron chi connectivity index (χ2n) is 6.63. The summed E-state index contributed by atoms with van der Waals surface area (Å²) < 4.78 is 0. The van der Waals surface area contributed by atoms with E-state index in [1.54, 1.807) is 0 Å². The van der Waals surface area contributed by atoms with E-state index in [-0.39, 0.29) is 0 Å². The van der Waals surface area contributed by atoms with Crippen LogP contribution in [0.25, 0.3) is 0 Å². The molecule has 3 fully saturated rings. The predicted molar refractivity (Wildman–Crippen MR) is 79.4 cm³/mol. The first-order chi connectivity index (χ1) is 9.26. The molecule has 0 aromatic carbocycles. The summed E-state index contributed by atoms with van der Waals surface area (Å²) in [6.45, 7) is 5.81. The Balaban J connectivity index is 1.35. The standard InChI is InChI=1S/C15H28N4/c1-11-9-14(11)18-15(16-2)17-7-8-19(13-5-6-13)10-12-3-4-12/h11-14H,3-10H2,1-2H3,(H2,16,17,18). The molecule has 0 heterocycles. The Kier molecular flexibility index (Phi) is 3.96. The highest BCUT2D eigenvalue weighted by Crippen LogP contribution is 2.34. The lowest BCUT2D eigenvalue weighted by Crippen LogP contribution is -2.43. The summed E-state index contributed by atoms with van der Waals surface area (Å²) in [6, 6.07) is 1.54. The van der Waals surface area contributed by atoms with Crippen molar-refractivity contribution in [2.45, 2.75) is 51.1 Å². The van der Waals surface area contributed by atoms with Crippen molar-refractivity contribution in [2.24, 2.45) is 16.8 Å². The number of nitrogens with one attached hydrogen (secondary N) is 2. The Morgan fingerprint density at radius 1 is 1.26 bits per heavy atom. The van der Waals surface area contributed by atoms with Crippen molar-refractivity contribution in [3.05, 3.63) is 0 Å². The minimum absolute atomic E-state index is 0.650. The van der Waals surface area contributed by atoms with Crippen LogP contribution in [0, 0.1) is 11.8 Å². The van der Waals surface area contributed by atoms with E-state index in [9.17, 15) is 0 Å². The van der Waals surface area contributed by atoms with Gasteiger partial charge in [-0.1, -0.05) is 6.92 Å². The number of hydrogen-bond acceptors (Lipinski definition) is 2. The van der Waals surface area contributed by atoms with Crippen LogP contribution in [-0.4, -0.2) is 49.6 Å². The molecule has 3 aliphatic carbocycles. The highest BCUT2D eigenvalue weighted by atomic mass is 15.2. The molecule has 0 bridgehead atoms. The molecule has 2 N–H and O–H groups in total. The summed E-state index contributed by atoms with van der Waals surface area (Å²) in [5.74, 6) is 2.80. The number of nitrogens with zero attached hydrogens (tertiary/aromatic N) is 2. The quantitative estimate of drug-likeness (QED) is 0.540. The number of guanidine groups is 1. The zero-order valence-corrected chi connectivity index (χ0v) is 12.4. The molecule has 0 amide bonds. The van der Waals surface area contributed by atoms with Gasteiger partial charge >= 0.3 is 0 Å². The van der Waals surface area contributed by atoms with Gasteiger partial charge in [0.05, 0.1) is 0 Å². The molecule has 3 aliphatic rings. The maximum Gasteiger partial charge on any atom is 0.191 e. The van der Waals surface area contributed by atoms with Gasteiger partial charge in [0.25, 0.3) is 0 Å². The van der Waals surface area contributed by atoms with E-state index < -0.39 is 0 Å². The lowest BCUT2D eigenvalue weighted by Gasteiger charge is -2.22. The van der Waals surface area contributed by atoms with Gasteiger partial charge in [-0.2, -0.15) is 0 Å². The second kappa shape index (κ2) is 5.70. The minimum atomic E-state index is 0.650. The van der Waals surface area contributed by atoms with Crippen molar-refractivity contribution in [3.8, 4) is 0 Å². The summed E-state index contributed by atoms with van der Waals surface area (Å²) in [6.07, 6.45) is 7.04. The summed E-state index contributed by atoms with van der Waals surface area (Å²) in [5.41, 5.74) is 0. The van der Waals surface area contributed by atoms with Crippen LogP contribution in [0.5, 0.6) is 0 Å². The van der Waals surface area contributed by atoms with Gasteiger partial charge in [0.1, 0.15) is 0 Å². The maximum atomic E-state index is 4.31. The molecule has 0 aliphatic heterocycles. The van der Waals surface area contributed by atoms with Gasteiger partial charge in [-0.25, -0.2) is 0 Å². The molecule has 19 heavy (non-hydrogen) atoms. The fourth-order valence-electron chi connectivity index (χ4n) is 2.71. The molecular formula is C15H28N4. The van der Waals surface area contributed by atoms with Crippen molar-refractivity contribution in [2.75, 3.05) is 26.7 Å². The van der Waals surface area contributed by atoms with E-state index in [1.807, 2.05) is 7.05 Å². The fourth-order valence-corrected chi connectivity index (χ4v) is 2.71. The largest absolute Gasteiger partial charge is 0.355 e. The summed E-state index contributed by atoms with van der Waals surface area (Å²) in [5, 5.41) is 6.95. The fraction of sp³-hybridized carbons (Fsp3) is 0.933. The monoisotopic (exact) mass is 264 g/mol. The van der Waals surface area contributed by atoms with Gasteiger partial charge in [0.15, 0.2) is 5.96 Å². The highest BCUT2D eigenvalue weighted by molar-refractivity contribution is 5.80. The third kappa shape index (κ3) is 4.10. The molecule has 0 spiro atoms. The zero-order chi connectivity index (χ0) is 13.2. The molecule has 108 valence electrons. The zero-order valence-electron chi connectivity index (χ0n) is 12.4. The first kappa shape index (κ1) is 13.2. The van der Waals surface area contributed by atoms with Crippen LogP contribution in [0.4, 0.5) is 0 Å². The third-order valence-corrected chi connectivity index (χ3v) is 4.60. The smallest absolute Gasteiger partial charge is 0.191 e. The molecule has 4 heteroatoms. The Hall–Kier alpha value is -0.770. The van der Waals surface area contributed by atoms with Gasteiger partial charge in [-0.3, -0.25) is 9.89 Å². The van der Waals surface area contributed by atoms with E-state index in [2.05, 4.69) is 27.4 Å².